The summed E-state index contributed by atoms with van der Waals surface area (Å²) in [5, 5.41) is 16.1. The van der Waals surface area contributed by atoms with E-state index in [0.717, 1.165) is 50.9 Å². The Bertz CT molecular complexity index is 758. The third-order valence-electron chi connectivity index (χ3n) is 7.78. The van der Waals surface area contributed by atoms with Gasteiger partial charge in [-0.2, -0.15) is 0 Å². The highest BCUT2D eigenvalue weighted by molar-refractivity contribution is 6.20. The summed E-state index contributed by atoms with van der Waals surface area (Å²) in [5.41, 5.74) is 2.91. The molecule has 0 radical (unpaired) electrons. The average Bonchev–Trinajstić information content (AvgIpc) is 2.77. The van der Waals surface area contributed by atoms with Crippen molar-refractivity contribution >= 4 is 17.6 Å². The van der Waals surface area contributed by atoms with E-state index in [1.54, 1.807) is 5.57 Å². The largest absolute Gasteiger partial charge is 0.396 e. The smallest absolute Gasteiger partial charge is 0.315 e. The third-order valence-corrected chi connectivity index (χ3v) is 8.18. The van der Waals surface area contributed by atoms with E-state index in [4.69, 9.17) is 11.6 Å². The van der Waals surface area contributed by atoms with Crippen molar-refractivity contribution < 1.29 is 9.90 Å². The first-order valence-electron chi connectivity index (χ1n) is 12.8. The molecule has 186 valence electrons. The predicted molar refractivity (Wildman–Crippen MR) is 137 cm³/mol. The molecule has 0 saturated carbocycles. The number of hydrogen-bond donors (Lipinski definition) is 3. The molecule has 5 nitrogen and oxygen atoms in total. The van der Waals surface area contributed by atoms with Crippen LogP contribution in [-0.2, 0) is 0 Å². The number of halogens is 1. The van der Waals surface area contributed by atoms with Gasteiger partial charge in [-0.1, -0.05) is 57.6 Å². The van der Waals surface area contributed by atoms with Crippen LogP contribution in [0.2, 0.25) is 0 Å². The Morgan fingerprint density at radius 3 is 2.73 bits per heavy atom. The maximum absolute atomic E-state index is 12.7. The van der Waals surface area contributed by atoms with Crippen LogP contribution in [0.25, 0.3) is 0 Å². The summed E-state index contributed by atoms with van der Waals surface area (Å²) in [7, 11) is 0. The van der Waals surface area contributed by atoms with Gasteiger partial charge in [0.05, 0.1) is 0 Å². The highest BCUT2D eigenvalue weighted by Gasteiger charge is 2.39. The number of carbonyl (C=O) groups is 1. The monoisotopic (exact) mass is 477 g/mol. The van der Waals surface area contributed by atoms with Crippen molar-refractivity contribution in [3.05, 3.63) is 35.5 Å². The van der Waals surface area contributed by atoms with Crippen LogP contribution in [0.1, 0.15) is 59.8 Å². The van der Waals surface area contributed by atoms with Crippen LogP contribution in [0.15, 0.2) is 35.5 Å². The highest BCUT2D eigenvalue weighted by Crippen LogP contribution is 2.43. The number of allylic oxidation sites excluding steroid dienone is 5. The van der Waals surface area contributed by atoms with Crippen molar-refractivity contribution in [3.8, 4) is 0 Å². The Balaban J connectivity index is 1.52. The van der Waals surface area contributed by atoms with Crippen molar-refractivity contribution in [2.75, 3.05) is 32.8 Å². The number of aliphatic hydroxyl groups excluding tert-OH is 1. The molecule has 1 aliphatic heterocycles. The van der Waals surface area contributed by atoms with Gasteiger partial charge >= 0.3 is 6.03 Å². The molecule has 0 spiro atoms. The van der Waals surface area contributed by atoms with Gasteiger partial charge in [0.25, 0.3) is 0 Å². The molecule has 1 heterocycles. The molecule has 33 heavy (non-hydrogen) atoms. The number of nitrogens with one attached hydrogen (secondary N) is 2. The van der Waals surface area contributed by atoms with Crippen LogP contribution in [0.5, 0.6) is 0 Å². The second kappa shape index (κ2) is 11.9. The average molecular weight is 478 g/mol. The zero-order chi connectivity index (χ0) is 24.0. The fourth-order valence-electron chi connectivity index (χ4n) is 5.67. The zero-order valence-electron chi connectivity index (χ0n) is 20.9. The van der Waals surface area contributed by atoms with Crippen molar-refractivity contribution in [2.24, 2.45) is 23.2 Å². The summed E-state index contributed by atoms with van der Waals surface area (Å²) in [5.74, 6) is 1.08. The lowest BCUT2D eigenvalue weighted by Gasteiger charge is -2.47. The van der Waals surface area contributed by atoms with E-state index < -0.39 is 0 Å². The van der Waals surface area contributed by atoms with E-state index >= 15 is 0 Å². The second-order valence-corrected chi connectivity index (χ2v) is 11.8. The first-order chi connectivity index (χ1) is 15.7. The second-order valence-electron chi connectivity index (χ2n) is 11.2. The number of aliphatic hydroxyl groups is 1. The molecule has 4 atom stereocenters. The van der Waals surface area contributed by atoms with E-state index in [1.807, 2.05) is 12.2 Å². The van der Waals surface area contributed by atoms with Gasteiger partial charge in [-0.25, -0.2) is 4.79 Å². The fourth-order valence-corrected chi connectivity index (χ4v) is 5.87. The molecule has 1 saturated heterocycles. The molecule has 2 amide bonds. The molecule has 0 aromatic carbocycles. The van der Waals surface area contributed by atoms with Crippen LogP contribution in [0.4, 0.5) is 4.79 Å². The molecular weight excluding hydrogens is 434 g/mol. The van der Waals surface area contributed by atoms with Crippen molar-refractivity contribution in [1.82, 2.24) is 15.5 Å². The summed E-state index contributed by atoms with van der Waals surface area (Å²) >= 11 is 6.31. The summed E-state index contributed by atoms with van der Waals surface area (Å²) in [6.07, 6.45) is 13.7. The molecule has 3 aliphatic rings. The molecule has 1 fully saturated rings. The SMILES string of the molecule is CC(C)[C@H](CN1CCC(C2=CCC(Cl)CC2)C(C)(C)C1)NC(=O)NCC1=CC=CCC1CO. The van der Waals surface area contributed by atoms with Gasteiger partial charge < -0.3 is 20.6 Å². The van der Waals surface area contributed by atoms with Crippen LogP contribution < -0.4 is 10.6 Å². The lowest BCUT2D eigenvalue weighted by atomic mass is 9.68. The number of carbonyl (C=O) groups excluding carboxylic acids is 1. The van der Waals surface area contributed by atoms with Crippen LogP contribution >= 0.6 is 11.6 Å². The first kappa shape index (κ1) is 26.3. The number of alkyl halides is 1. The highest BCUT2D eigenvalue weighted by atomic mass is 35.5. The molecule has 6 heteroatoms. The number of hydrogen-bond acceptors (Lipinski definition) is 3. The van der Waals surface area contributed by atoms with Crippen molar-refractivity contribution in [3.63, 3.8) is 0 Å². The molecule has 0 bridgehead atoms. The van der Waals surface area contributed by atoms with E-state index in [2.05, 4.69) is 55.4 Å². The molecule has 3 unspecified atom stereocenters. The van der Waals surface area contributed by atoms with E-state index in [1.165, 1.54) is 6.42 Å². The Morgan fingerprint density at radius 2 is 2.09 bits per heavy atom. The molecule has 3 rings (SSSR count). The first-order valence-corrected chi connectivity index (χ1v) is 13.2. The molecule has 0 aromatic heterocycles. The van der Waals surface area contributed by atoms with Gasteiger partial charge in [-0.15, -0.1) is 11.6 Å². The lowest BCUT2D eigenvalue weighted by molar-refractivity contribution is 0.0609. The van der Waals surface area contributed by atoms with Crippen LogP contribution in [0, 0.1) is 23.2 Å². The minimum atomic E-state index is -0.127. The number of rotatable bonds is 8. The van der Waals surface area contributed by atoms with Gasteiger partial charge in [0.1, 0.15) is 0 Å². The maximum Gasteiger partial charge on any atom is 0.315 e. The van der Waals surface area contributed by atoms with Gasteiger partial charge in [0, 0.05) is 43.6 Å². The van der Waals surface area contributed by atoms with E-state index in [9.17, 15) is 9.90 Å². The Labute approximate surface area is 205 Å². The Hall–Kier alpha value is -1.30. The Kier molecular flexibility index (Phi) is 9.49. The quantitative estimate of drug-likeness (QED) is 0.345. The van der Waals surface area contributed by atoms with Gasteiger partial charge in [0.15, 0.2) is 0 Å². The van der Waals surface area contributed by atoms with Gasteiger partial charge in [-0.05, 0) is 61.5 Å². The minimum absolute atomic E-state index is 0.0946. The number of likely N-dealkylation sites (tertiary alicyclic amines) is 1. The van der Waals surface area contributed by atoms with Crippen LogP contribution in [0.3, 0.4) is 0 Å². The summed E-state index contributed by atoms with van der Waals surface area (Å²) in [6, 6.07) is -0.0323. The van der Waals surface area contributed by atoms with E-state index in [-0.39, 0.29) is 30.0 Å². The van der Waals surface area contributed by atoms with E-state index in [0.29, 0.717) is 23.8 Å². The lowest BCUT2D eigenvalue weighted by Crippen LogP contribution is -2.54. The normalized spacial score (nSPS) is 28.8. The molecule has 2 aliphatic carbocycles. The standard InChI is InChI=1S/C27H44ClN3O2/c1-19(2)25(30-26(33)29-15-21-7-5-6-8-22(21)17-32)16-31-14-13-24(27(3,4)18-31)20-9-11-23(28)12-10-20/h5-7,9,19,22-25,32H,8,10-18H2,1-4H3,(H2,29,30,33)/t22?,23?,24?,25-/m0/s1. The summed E-state index contributed by atoms with van der Waals surface area (Å²) in [6.45, 7) is 12.7. The maximum atomic E-state index is 12.7. The van der Waals surface area contributed by atoms with Gasteiger partial charge in [0.2, 0.25) is 0 Å². The number of urea groups is 1. The topological polar surface area (TPSA) is 64.6 Å². The van der Waals surface area contributed by atoms with Crippen molar-refractivity contribution in [1.29, 1.82) is 0 Å². The summed E-state index contributed by atoms with van der Waals surface area (Å²) < 4.78 is 0. The summed E-state index contributed by atoms with van der Waals surface area (Å²) in [4.78, 5) is 15.2. The molecular formula is C27H44ClN3O2. The number of piperidine rings is 1. The fraction of sp³-hybridized carbons (Fsp3) is 0.741. The van der Waals surface area contributed by atoms with Crippen LogP contribution in [-0.4, -0.2) is 60.2 Å². The number of nitrogens with zero attached hydrogens (tertiary/aromatic N) is 1. The molecule has 0 aromatic rings. The Morgan fingerprint density at radius 1 is 1.30 bits per heavy atom. The molecule has 3 N–H and O–H groups in total. The minimum Gasteiger partial charge on any atom is -0.396 e. The van der Waals surface area contributed by atoms with Crippen molar-refractivity contribution in [2.45, 2.75) is 71.2 Å². The predicted octanol–water partition coefficient (Wildman–Crippen LogP) is 4.87. The third kappa shape index (κ3) is 7.34. The van der Waals surface area contributed by atoms with Gasteiger partial charge in [-0.3, -0.25) is 0 Å². The number of amides is 2. The zero-order valence-corrected chi connectivity index (χ0v) is 21.7.